The number of para-hydroxylation sites is 1. The smallest absolute Gasteiger partial charge is 0.222 e. The van der Waals surface area contributed by atoms with Crippen LogP contribution in [0, 0.1) is 11.7 Å². The number of hydrogen-bond acceptors (Lipinski definition) is 7. The van der Waals surface area contributed by atoms with Gasteiger partial charge in [-0.15, -0.1) is 0 Å². The van der Waals surface area contributed by atoms with E-state index in [2.05, 4.69) is 36.3 Å². The molecule has 3 aromatic rings. The van der Waals surface area contributed by atoms with Gasteiger partial charge in [0.2, 0.25) is 5.95 Å². The van der Waals surface area contributed by atoms with Crippen LogP contribution in [0.2, 0.25) is 0 Å². The van der Waals surface area contributed by atoms with Gasteiger partial charge < -0.3 is 14.7 Å². The van der Waals surface area contributed by atoms with Crippen LogP contribution in [0.15, 0.2) is 41.2 Å². The van der Waals surface area contributed by atoms with Gasteiger partial charge >= 0.3 is 0 Å². The Bertz CT molecular complexity index is 945. The molecule has 2 aliphatic rings. The van der Waals surface area contributed by atoms with E-state index in [1.54, 1.807) is 0 Å². The summed E-state index contributed by atoms with van der Waals surface area (Å²) in [7, 11) is 0. The summed E-state index contributed by atoms with van der Waals surface area (Å²) in [4.78, 5) is 12.9. The number of piperidine rings is 1. The predicted octanol–water partition coefficient (Wildman–Crippen LogP) is 2.77. The molecule has 7 nitrogen and oxygen atoms in total. The van der Waals surface area contributed by atoms with Gasteiger partial charge in [0.05, 0.1) is 17.8 Å². The fourth-order valence-corrected chi connectivity index (χ4v) is 4.36. The van der Waals surface area contributed by atoms with Crippen molar-refractivity contribution in [2.75, 3.05) is 42.9 Å². The summed E-state index contributed by atoms with van der Waals surface area (Å²) >= 11 is 0. The molecular formula is C20H23FN6O. The lowest BCUT2D eigenvalue weighted by Gasteiger charge is -2.46. The van der Waals surface area contributed by atoms with Crippen LogP contribution in [0.4, 0.5) is 16.2 Å². The zero-order valence-corrected chi connectivity index (χ0v) is 15.6. The molecule has 8 heteroatoms. The summed E-state index contributed by atoms with van der Waals surface area (Å²) in [5.74, 6) is 1.59. The molecular weight excluding hydrogens is 359 g/mol. The fraction of sp³-hybridized carbons (Fsp3) is 0.450. The van der Waals surface area contributed by atoms with Crippen molar-refractivity contribution in [2.24, 2.45) is 5.92 Å². The Morgan fingerprint density at radius 1 is 1.11 bits per heavy atom. The standard InChI is InChI=1S/C20H23FN6O/c21-15-10-23-20(24-11-15)22-9-14-5-6-16-13-27(8-7-26(16)12-14)19-17-3-1-2-4-18(17)28-25-19/h1-4,10-11,14,16H,5-9,12-13H2,(H,22,23,24)/t14-,16+/m1/s1. The van der Waals surface area contributed by atoms with E-state index in [0.717, 1.165) is 62.4 Å². The second-order valence-corrected chi connectivity index (χ2v) is 7.65. The molecule has 2 atom stereocenters. The molecule has 28 heavy (non-hydrogen) atoms. The van der Waals surface area contributed by atoms with E-state index in [0.29, 0.717) is 17.9 Å². The van der Waals surface area contributed by atoms with Crippen LogP contribution in [0.3, 0.4) is 0 Å². The summed E-state index contributed by atoms with van der Waals surface area (Å²) < 4.78 is 18.4. The molecule has 2 aromatic heterocycles. The minimum atomic E-state index is -0.413. The molecule has 5 rings (SSSR count). The summed E-state index contributed by atoms with van der Waals surface area (Å²) in [5, 5.41) is 8.65. The lowest BCUT2D eigenvalue weighted by Crippen LogP contribution is -2.57. The van der Waals surface area contributed by atoms with Crippen molar-refractivity contribution in [1.82, 2.24) is 20.0 Å². The van der Waals surface area contributed by atoms with E-state index in [-0.39, 0.29) is 0 Å². The molecule has 2 fully saturated rings. The number of hydrogen-bond donors (Lipinski definition) is 1. The van der Waals surface area contributed by atoms with Crippen molar-refractivity contribution in [3.8, 4) is 0 Å². The Balaban J connectivity index is 1.19. The van der Waals surface area contributed by atoms with E-state index >= 15 is 0 Å². The minimum absolute atomic E-state index is 0.413. The van der Waals surface area contributed by atoms with E-state index in [4.69, 9.17) is 4.52 Å². The molecule has 2 saturated heterocycles. The summed E-state index contributed by atoms with van der Waals surface area (Å²) in [6, 6.07) is 8.59. The van der Waals surface area contributed by atoms with Crippen molar-refractivity contribution >= 4 is 22.7 Å². The van der Waals surface area contributed by atoms with Crippen LogP contribution in [-0.2, 0) is 0 Å². The zero-order chi connectivity index (χ0) is 18.9. The predicted molar refractivity (Wildman–Crippen MR) is 105 cm³/mol. The number of fused-ring (bicyclic) bond motifs is 2. The van der Waals surface area contributed by atoms with Crippen molar-refractivity contribution < 1.29 is 8.91 Å². The van der Waals surface area contributed by atoms with Crippen LogP contribution in [0.5, 0.6) is 0 Å². The van der Waals surface area contributed by atoms with Crippen molar-refractivity contribution in [3.05, 3.63) is 42.5 Å². The second-order valence-electron chi connectivity index (χ2n) is 7.65. The molecule has 0 amide bonds. The van der Waals surface area contributed by atoms with Gasteiger partial charge in [-0.05, 0) is 30.9 Å². The van der Waals surface area contributed by atoms with Crippen molar-refractivity contribution in [2.45, 2.75) is 18.9 Å². The Labute approximate surface area is 162 Å². The highest BCUT2D eigenvalue weighted by molar-refractivity contribution is 5.88. The Morgan fingerprint density at radius 2 is 1.96 bits per heavy atom. The average Bonchev–Trinajstić information content (AvgIpc) is 3.17. The van der Waals surface area contributed by atoms with Gasteiger partial charge in [0.25, 0.3) is 0 Å². The summed E-state index contributed by atoms with van der Waals surface area (Å²) in [5.41, 5.74) is 0.845. The second kappa shape index (κ2) is 7.35. The van der Waals surface area contributed by atoms with Crippen LogP contribution in [-0.4, -0.2) is 58.8 Å². The number of piperazine rings is 1. The molecule has 0 radical (unpaired) electrons. The maximum absolute atomic E-state index is 12.9. The Kier molecular flexibility index (Phi) is 4.56. The Morgan fingerprint density at radius 3 is 2.86 bits per heavy atom. The van der Waals surface area contributed by atoms with E-state index in [1.165, 1.54) is 12.4 Å². The van der Waals surface area contributed by atoms with Crippen LogP contribution in [0.1, 0.15) is 12.8 Å². The third kappa shape index (κ3) is 3.40. The summed E-state index contributed by atoms with van der Waals surface area (Å²) in [6.45, 7) is 4.83. The molecule has 0 saturated carbocycles. The molecule has 0 bridgehead atoms. The van der Waals surface area contributed by atoms with Gasteiger partial charge in [0, 0.05) is 38.8 Å². The first-order chi connectivity index (χ1) is 13.8. The van der Waals surface area contributed by atoms with E-state index in [9.17, 15) is 4.39 Å². The third-order valence-corrected chi connectivity index (χ3v) is 5.83. The Hall–Kier alpha value is -2.74. The molecule has 0 aliphatic carbocycles. The topological polar surface area (TPSA) is 70.3 Å². The molecule has 4 heterocycles. The minimum Gasteiger partial charge on any atom is -0.354 e. The van der Waals surface area contributed by atoms with E-state index in [1.807, 2.05) is 18.2 Å². The van der Waals surface area contributed by atoms with Crippen LogP contribution < -0.4 is 10.2 Å². The SMILES string of the molecule is Fc1cnc(NC[C@H]2CC[C@H]3CN(c4noc5ccccc45)CCN3C2)nc1. The number of nitrogens with zero attached hydrogens (tertiary/aromatic N) is 5. The molecule has 0 unspecified atom stereocenters. The molecule has 2 aliphatic heterocycles. The van der Waals surface area contributed by atoms with Crippen molar-refractivity contribution in [3.63, 3.8) is 0 Å². The first kappa shape index (κ1) is 17.4. The highest BCUT2D eigenvalue weighted by Gasteiger charge is 2.34. The van der Waals surface area contributed by atoms with Gasteiger partial charge in [0.15, 0.2) is 17.2 Å². The van der Waals surface area contributed by atoms with Crippen molar-refractivity contribution in [1.29, 1.82) is 0 Å². The largest absolute Gasteiger partial charge is 0.354 e. The number of rotatable bonds is 4. The average molecular weight is 382 g/mol. The molecule has 0 spiro atoms. The number of nitrogens with one attached hydrogen (secondary N) is 1. The van der Waals surface area contributed by atoms with Gasteiger partial charge in [-0.25, -0.2) is 14.4 Å². The highest BCUT2D eigenvalue weighted by atomic mass is 19.1. The monoisotopic (exact) mass is 382 g/mol. The third-order valence-electron chi connectivity index (χ3n) is 5.83. The fourth-order valence-electron chi connectivity index (χ4n) is 4.36. The lowest BCUT2D eigenvalue weighted by atomic mass is 9.91. The molecule has 146 valence electrons. The quantitative estimate of drug-likeness (QED) is 0.744. The number of benzene rings is 1. The summed E-state index contributed by atoms with van der Waals surface area (Å²) in [6.07, 6.45) is 4.70. The lowest BCUT2D eigenvalue weighted by molar-refractivity contribution is 0.0994. The van der Waals surface area contributed by atoms with Crippen LogP contribution >= 0.6 is 0 Å². The van der Waals surface area contributed by atoms with E-state index < -0.39 is 5.82 Å². The molecule has 1 N–H and O–H groups in total. The number of anilines is 2. The first-order valence-electron chi connectivity index (χ1n) is 9.81. The highest BCUT2D eigenvalue weighted by Crippen LogP contribution is 2.31. The van der Waals surface area contributed by atoms with Gasteiger partial charge in [0.1, 0.15) is 0 Å². The maximum Gasteiger partial charge on any atom is 0.222 e. The first-order valence-corrected chi connectivity index (χ1v) is 9.81. The van der Waals surface area contributed by atoms with Gasteiger partial charge in [-0.3, -0.25) is 4.90 Å². The van der Waals surface area contributed by atoms with Gasteiger partial charge in [-0.1, -0.05) is 17.3 Å². The maximum atomic E-state index is 12.9. The molecule has 1 aromatic carbocycles. The normalized spacial score (nSPS) is 23.0. The number of halogens is 1. The number of aromatic nitrogens is 3. The zero-order valence-electron chi connectivity index (χ0n) is 15.6. The van der Waals surface area contributed by atoms with Crippen LogP contribution in [0.25, 0.3) is 11.0 Å². The van der Waals surface area contributed by atoms with Gasteiger partial charge in [-0.2, -0.15) is 0 Å².